The third kappa shape index (κ3) is 5.88. The number of aliphatic carboxylic acids is 1. The second-order valence-electron chi connectivity index (χ2n) is 3.92. The van der Waals surface area contributed by atoms with E-state index in [2.05, 4.69) is 4.74 Å². The van der Waals surface area contributed by atoms with Gasteiger partial charge in [-0.2, -0.15) is 13.2 Å². The quantitative estimate of drug-likeness (QED) is 0.722. The molecule has 0 aliphatic carbocycles. The molecule has 0 saturated carbocycles. The normalized spacial score (nSPS) is 13.4. The topological polar surface area (TPSA) is 63.6 Å². The summed E-state index contributed by atoms with van der Waals surface area (Å²) < 4.78 is 42.5. The summed E-state index contributed by atoms with van der Waals surface area (Å²) in [6, 6.07) is 0. The number of hydrogen-bond donors (Lipinski definition) is 1. The fourth-order valence-electron chi connectivity index (χ4n) is 1.56. The molecule has 0 amide bonds. The monoisotopic (exact) mass is 270 g/mol. The predicted octanol–water partition coefficient (Wildman–Crippen LogP) is 2.76. The molecule has 0 bridgehead atoms. The van der Waals surface area contributed by atoms with Crippen LogP contribution in [-0.2, 0) is 14.3 Å². The first-order valence-corrected chi connectivity index (χ1v) is 5.70. The summed E-state index contributed by atoms with van der Waals surface area (Å²) in [6.07, 6.45) is -7.42. The zero-order valence-corrected chi connectivity index (χ0v) is 10.3. The number of rotatable bonds is 7. The van der Waals surface area contributed by atoms with Crippen molar-refractivity contribution in [3.63, 3.8) is 0 Å². The van der Waals surface area contributed by atoms with Gasteiger partial charge in [-0.25, -0.2) is 0 Å². The molecule has 0 saturated heterocycles. The Morgan fingerprint density at radius 2 is 1.67 bits per heavy atom. The van der Waals surface area contributed by atoms with E-state index in [9.17, 15) is 22.8 Å². The van der Waals surface area contributed by atoms with E-state index >= 15 is 0 Å². The summed E-state index contributed by atoms with van der Waals surface area (Å²) in [5, 5.41) is 8.33. The Bertz CT molecular complexity index is 285. The van der Waals surface area contributed by atoms with Crippen LogP contribution in [0.2, 0.25) is 0 Å². The van der Waals surface area contributed by atoms with Gasteiger partial charge in [0.25, 0.3) is 0 Å². The molecule has 0 heterocycles. The van der Waals surface area contributed by atoms with Crippen LogP contribution < -0.4 is 0 Å². The van der Waals surface area contributed by atoms with Crippen molar-refractivity contribution in [3.8, 4) is 0 Å². The Hall–Kier alpha value is -1.27. The molecule has 0 aromatic heterocycles. The summed E-state index contributed by atoms with van der Waals surface area (Å²) in [5.74, 6) is -3.19. The number of alkyl halides is 3. The largest absolute Gasteiger partial charge is 0.481 e. The molecule has 0 aromatic carbocycles. The number of halogens is 3. The van der Waals surface area contributed by atoms with Crippen molar-refractivity contribution in [1.82, 2.24) is 0 Å². The predicted molar refractivity (Wildman–Crippen MR) is 56.9 cm³/mol. The highest BCUT2D eigenvalue weighted by Crippen LogP contribution is 2.32. The van der Waals surface area contributed by atoms with Gasteiger partial charge < -0.3 is 9.84 Å². The first-order valence-electron chi connectivity index (χ1n) is 5.70. The van der Waals surface area contributed by atoms with Crippen molar-refractivity contribution < 1.29 is 32.6 Å². The van der Waals surface area contributed by atoms with Crippen LogP contribution in [-0.4, -0.2) is 29.3 Å². The van der Waals surface area contributed by atoms with E-state index < -0.39 is 43.0 Å². The first-order chi connectivity index (χ1) is 8.22. The minimum Gasteiger partial charge on any atom is -0.481 e. The van der Waals surface area contributed by atoms with E-state index in [4.69, 9.17) is 5.11 Å². The molecule has 0 spiro atoms. The number of carbonyl (C=O) groups excluding carboxylic acids is 1. The number of carboxylic acid groups (broad SMARTS) is 1. The summed E-state index contributed by atoms with van der Waals surface area (Å²) in [7, 11) is 0. The van der Waals surface area contributed by atoms with Gasteiger partial charge in [0.15, 0.2) is 6.10 Å². The van der Waals surface area contributed by atoms with Crippen molar-refractivity contribution in [3.05, 3.63) is 0 Å². The molecule has 0 rings (SSSR count). The lowest BCUT2D eigenvalue weighted by Gasteiger charge is -2.27. The Kier molecular flexibility index (Phi) is 6.72. The van der Waals surface area contributed by atoms with Crippen LogP contribution in [0.1, 0.15) is 39.5 Å². The van der Waals surface area contributed by atoms with Crippen molar-refractivity contribution in [2.75, 3.05) is 0 Å². The average molecular weight is 270 g/mol. The average Bonchev–Trinajstić information content (AvgIpc) is 2.25. The van der Waals surface area contributed by atoms with Gasteiger partial charge in [-0.15, -0.1) is 0 Å². The first kappa shape index (κ1) is 16.7. The van der Waals surface area contributed by atoms with Gasteiger partial charge in [0.2, 0.25) is 0 Å². The Morgan fingerprint density at radius 1 is 1.17 bits per heavy atom. The number of carboxylic acids is 1. The smallest absolute Gasteiger partial charge is 0.425 e. The molecule has 0 aromatic rings. The van der Waals surface area contributed by atoms with Gasteiger partial charge in [0.05, 0.1) is 12.8 Å². The summed E-state index contributed by atoms with van der Waals surface area (Å²) in [6.45, 7) is 3.16. The Balaban J connectivity index is 4.60. The molecule has 0 aliphatic rings. The second kappa shape index (κ2) is 7.23. The third-order valence-electron chi connectivity index (χ3n) is 2.60. The van der Waals surface area contributed by atoms with Crippen molar-refractivity contribution in [2.24, 2.45) is 5.92 Å². The standard InChI is InChI=1S/C11H17F3O4/c1-3-7(4-2)10(11(12,13)14)18-9(17)6-5-8(15)16/h7,10H,3-6H2,1-2H3,(H,15,16). The minimum atomic E-state index is -4.63. The fourth-order valence-corrected chi connectivity index (χ4v) is 1.56. The lowest BCUT2D eigenvalue weighted by molar-refractivity contribution is -0.235. The molecule has 4 nitrogen and oxygen atoms in total. The van der Waals surface area contributed by atoms with Crippen LogP contribution in [0, 0.1) is 5.92 Å². The highest BCUT2D eigenvalue weighted by Gasteiger charge is 2.46. The number of hydrogen-bond acceptors (Lipinski definition) is 3. The lowest BCUT2D eigenvalue weighted by Crippen LogP contribution is -2.40. The van der Waals surface area contributed by atoms with Gasteiger partial charge in [-0.1, -0.05) is 13.8 Å². The summed E-state index contributed by atoms with van der Waals surface area (Å²) in [5.41, 5.74) is 0. The van der Waals surface area contributed by atoms with Crippen LogP contribution in [0.4, 0.5) is 13.2 Å². The molecule has 0 fully saturated rings. The van der Waals surface area contributed by atoms with Crippen LogP contribution in [0.25, 0.3) is 0 Å². The maximum absolute atomic E-state index is 12.7. The molecule has 1 atom stereocenters. The zero-order valence-electron chi connectivity index (χ0n) is 10.3. The Labute approximate surface area is 103 Å². The molecule has 1 N–H and O–H groups in total. The van der Waals surface area contributed by atoms with Crippen molar-refractivity contribution in [1.29, 1.82) is 0 Å². The number of carbonyl (C=O) groups is 2. The molecule has 7 heteroatoms. The second-order valence-corrected chi connectivity index (χ2v) is 3.92. The number of ether oxygens (including phenoxy) is 1. The molecule has 106 valence electrons. The summed E-state index contributed by atoms with van der Waals surface area (Å²) >= 11 is 0. The molecular weight excluding hydrogens is 253 g/mol. The molecule has 0 aliphatic heterocycles. The van der Waals surface area contributed by atoms with E-state index in [1.807, 2.05) is 0 Å². The van der Waals surface area contributed by atoms with Crippen LogP contribution in [0.15, 0.2) is 0 Å². The molecule has 0 radical (unpaired) electrons. The van der Waals surface area contributed by atoms with Crippen molar-refractivity contribution in [2.45, 2.75) is 51.8 Å². The van der Waals surface area contributed by atoms with E-state index in [-0.39, 0.29) is 12.8 Å². The van der Waals surface area contributed by atoms with Gasteiger partial charge >= 0.3 is 18.1 Å². The molecular formula is C11H17F3O4. The van der Waals surface area contributed by atoms with Crippen LogP contribution >= 0.6 is 0 Å². The van der Waals surface area contributed by atoms with E-state index in [1.165, 1.54) is 0 Å². The van der Waals surface area contributed by atoms with Gasteiger partial charge in [-0.3, -0.25) is 9.59 Å². The lowest BCUT2D eigenvalue weighted by atomic mass is 9.96. The number of esters is 1. The molecule has 1 unspecified atom stereocenters. The van der Waals surface area contributed by atoms with Gasteiger partial charge in [0.1, 0.15) is 0 Å². The SMILES string of the molecule is CCC(CC)C(OC(=O)CCC(=O)O)C(F)(F)F. The highest BCUT2D eigenvalue weighted by atomic mass is 19.4. The zero-order chi connectivity index (χ0) is 14.3. The molecule has 18 heavy (non-hydrogen) atoms. The highest BCUT2D eigenvalue weighted by molar-refractivity contribution is 5.76. The van der Waals surface area contributed by atoms with E-state index in [0.717, 1.165) is 0 Å². The van der Waals surface area contributed by atoms with Gasteiger partial charge in [-0.05, 0) is 12.8 Å². The van der Waals surface area contributed by atoms with E-state index in [1.54, 1.807) is 13.8 Å². The van der Waals surface area contributed by atoms with Crippen LogP contribution in [0.3, 0.4) is 0 Å². The van der Waals surface area contributed by atoms with Crippen molar-refractivity contribution >= 4 is 11.9 Å². The maximum atomic E-state index is 12.7. The fraction of sp³-hybridized carbons (Fsp3) is 0.818. The van der Waals surface area contributed by atoms with Crippen LogP contribution in [0.5, 0.6) is 0 Å². The Morgan fingerprint density at radius 3 is 2.00 bits per heavy atom. The van der Waals surface area contributed by atoms with E-state index in [0.29, 0.717) is 0 Å². The maximum Gasteiger partial charge on any atom is 0.425 e. The minimum absolute atomic E-state index is 0.229. The summed E-state index contributed by atoms with van der Waals surface area (Å²) in [4.78, 5) is 21.4. The van der Waals surface area contributed by atoms with Gasteiger partial charge in [0, 0.05) is 5.92 Å². The third-order valence-corrected chi connectivity index (χ3v) is 2.60.